The summed E-state index contributed by atoms with van der Waals surface area (Å²) >= 11 is 0. The highest BCUT2D eigenvalue weighted by molar-refractivity contribution is 5.86. The number of fused-ring (bicyclic) bond motifs is 5. The molecule has 0 heterocycles. The third-order valence-electron chi connectivity index (χ3n) is 11.2. The molecule has 11 unspecified atom stereocenters. The molecule has 0 bridgehead atoms. The zero-order valence-electron chi connectivity index (χ0n) is 22.5. The van der Waals surface area contributed by atoms with Gasteiger partial charge in [-0.15, -0.1) is 0 Å². The summed E-state index contributed by atoms with van der Waals surface area (Å²) in [6.07, 6.45) is 5.60. The first-order valence-corrected chi connectivity index (χ1v) is 14.2. The minimum atomic E-state index is -1.14. The standard InChI is InChI=1S/C28H46N2O7/c1-15(4-7-23(34)29-13-24(35)30-14-25(36)37)18-5-6-19-26-20(12-22(33)28(18,19)3)27(2)9-8-17(31)10-16(27)11-21(26)32/h15-22,26,31-33H,4-14H2,1-3H3,(H,29,34)(H,30,35)(H,36,37). The molecule has 6 N–H and O–H groups in total. The van der Waals surface area contributed by atoms with Crippen LogP contribution in [0.2, 0.25) is 0 Å². The summed E-state index contributed by atoms with van der Waals surface area (Å²) in [4.78, 5) is 34.5. The van der Waals surface area contributed by atoms with Crippen LogP contribution in [0.5, 0.6) is 0 Å². The van der Waals surface area contributed by atoms with Crippen LogP contribution >= 0.6 is 0 Å². The number of aliphatic hydroxyl groups is 3. The van der Waals surface area contributed by atoms with Crippen molar-refractivity contribution in [3.05, 3.63) is 0 Å². The van der Waals surface area contributed by atoms with Crippen LogP contribution in [0.25, 0.3) is 0 Å². The SMILES string of the molecule is CC(CCC(=O)NCC(=O)NCC(=O)O)C1CCC2C3C(O)CC4CC(O)CCC4(C)C3CC(O)C12C. The van der Waals surface area contributed by atoms with Crippen LogP contribution < -0.4 is 10.6 Å². The van der Waals surface area contributed by atoms with Crippen LogP contribution in [0, 0.1) is 46.3 Å². The summed E-state index contributed by atoms with van der Waals surface area (Å²) in [7, 11) is 0. The van der Waals surface area contributed by atoms with E-state index in [9.17, 15) is 29.7 Å². The van der Waals surface area contributed by atoms with Gasteiger partial charge >= 0.3 is 5.97 Å². The zero-order chi connectivity index (χ0) is 27.1. The van der Waals surface area contributed by atoms with Gasteiger partial charge in [0.1, 0.15) is 6.54 Å². The predicted octanol–water partition coefficient (Wildman–Crippen LogP) is 1.68. The number of amides is 2. The lowest BCUT2D eigenvalue weighted by Gasteiger charge is -2.63. The number of carboxylic acid groups (broad SMARTS) is 1. The van der Waals surface area contributed by atoms with E-state index in [1.807, 2.05) is 0 Å². The Hall–Kier alpha value is -1.71. The summed E-state index contributed by atoms with van der Waals surface area (Å²) in [5, 5.41) is 46.7. The van der Waals surface area contributed by atoms with Gasteiger partial charge in [0.15, 0.2) is 0 Å². The second-order valence-corrected chi connectivity index (χ2v) is 13.0. The summed E-state index contributed by atoms with van der Waals surface area (Å²) in [6, 6.07) is 0. The summed E-state index contributed by atoms with van der Waals surface area (Å²) in [5.41, 5.74) is -0.268. The van der Waals surface area contributed by atoms with E-state index < -0.39 is 30.6 Å². The molecule has 9 nitrogen and oxygen atoms in total. The van der Waals surface area contributed by atoms with Crippen LogP contribution in [0.15, 0.2) is 0 Å². The molecule has 0 aromatic rings. The van der Waals surface area contributed by atoms with Gasteiger partial charge in [0.25, 0.3) is 0 Å². The summed E-state index contributed by atoms with van der Waals surface area (Å²) < 4.78 is 0. The van der Waals surface area contributed by atoms with E-state index in [2.05, 4.69) is 31.4 Å². The van der Waals surface area contributed by atoms with Gasteiger partial charge in [-0.05, 0) is 97.7 Å². The van der Waals surface area contributed by atoms with Crippen LogP contribution in [-0.2, 0) is 14.4 Å². The van der Waals surface area contributed by atoms with Gasteiger partial charge in [0, 0.05) is 6.42 Å². The maximum absolute atomic E-state index is 12.3. The molecule has 210 valence electrons. The molecule has 4 aliphatic carbocycles. The van der Waals surface area contributed by atoms with Gasteiger partial charge in [-0.25, -0.2) is 0 Å². The highest BCUT2D eigenvalue weighted by Gasteiger charge is 2.65. The molecular weight excluding hydrogens is 476 g/mol. The molecule has 0 saturated heterocycles. The van der Waals surface area contributed by atoms with Gasteiger partial charge in [0.05, 0.1) is 24.9 Å². The lowest BCUT2D eigenvalue weighted by atomic mass is 9.43. The van der Waals surface area contributed by atoms with E-state index >= 15 is 0 Å². The van der Waals surface area contributed by atoms with Crippen molar-refractivity contribution in [1.29, 1.82) is 0 Å². The van der Waals surface area contributed by atoms with Crippen LogP contribution in [0.4, 0.5) is 0 Å². The van der Waals surface area contributed by atoms with E-state index in [4.69, 9.17) is 5.11 Å². The molecule has 11 atom stereocenters. The Morgan fingerprint density at radius 3 is 2.32 bits per heavy atom. The van der Waals surface area contributed by atoms with Gasteiger partial charge in [-0.2, -0.15) is 0 Å². The molecule has 4 rings (SSSR count). The highest BCUT2D eigenvalue weighted by atomic mass is 16.4. The Morgan fingerprint density at radius 2 is 1.62 bits per heavy atom. The lowest BCUT2D eigenvalue weighted by molar-refractivity contribution is -0.207. The fraction of sp³-hybridized carbons (Fsp3) is 0.893. The average Bonchev–Trinajstić information content (AvgIpc) is 3.20. The number of carboxylic acids is 1. The van der Waals surface area contributed by atoms with Crippen LogP contribution in [-0.4, -0.2) is 69.6 Å². The number of nitrogens with one attached hydrogen (secondary N) is 2. The maximum atomic E-state index is 12.3. The lowest BCUT2D eigenvalue weighted by Crippen LogP contribution is -2.62. The Bertz CT molecular complexity index is 883. The number of carbonyl (C=O) groups is 3. The zero-order valence-corrected chi connectivity index (χ0v) is 22.5. The smallest absolute Gasteiger partial charge is 0.322 e. The Morgan fingerprint density at radius 1 is 0.919 bits per heavy atom. The molecule has 0 spiro atoms. The molecule has 2 amide bonds. The summed E-state index contributed by atoms with van der Waals surface area (Å²) in [6.45, 7) is 5.94. The van der Waals surface area contributed by atoms with Crippen molar-refractivity contribution in [2.45, 2.75) is 96.9 Å². The molecule has 0 aromatic heterocycles. The second kappa shape index (κ2) is 10.8. The number of aliphatic hydroxyl groups excluding tert-OH is 3. The molecule has 0 aromatic carbocycles. The minimum absolute atomic E-state index is 0.0456. The first-order chi connectivity index (χ1) is 17.4. The Labute approximate surface area is 219 Å². The molecule has 37 heavy (non-hydrogen) atoms. The predicted molar refractivity (Wildman–Crippen MR) is 136 cm³/mol. The van der Waals surface area contributed by atoms with Gasteiger partial charge in [-0.1, -0.05) is 20.8 Å². The van der Waals surface area contributed by atoms with Crippen molar-refractivity contribution >= 4 is 17.8 Å². The van der Waals surface area contributed by atoms with Gasteiger partial charge in [0.2, 0.25) is 11.8 Å². The number of carbonyl (C=O) groups excluding carboxylic acids is 2. The molecular formula is C28H46N2O7. The molecule has 4 aliphatic rings. The second-order valence-electron chi connectivity index (χ2n) is 13.0. The maximum Gasteiger partial charge on any atom is 0.322 e. The Kier molecular flexibility index (Phi) is 8.27. The van der Waals surface area contributed by atoms with E-state index in [0.717, 1.165) is 38.5 Å². The number of hydrogen-bond acceptors (Lipinski definition) is 6. The molecule has 0 aliphatic heterocycles. The first-order valence-electron chi connectivity index (χ1n) is 14.2. The fourth-order valence-electron chi connectivity index (χ4n) is 9.20. The number of hydrogen-bond donors (Lipinski definition) is 6. The quantitative estimate of drug-likeness (QED) is 0.283. The average molecular weight is 523 g/mol. The van der Waals surface area contributed by atoms with Crippen molar-refractivity contribution in [2.75, 3.05) is 13.1 Å². The Balaban J connectivity index is 1.38. The van der Waals surface area contributed by atoms with E-state index in [1.165, 1.54) is 0 Å². The molecule has 4 saturated carbocycles. The molecule has 4 fully saturated rings. The van der Waals surface area contributed by atoms with Crippen molar-refractivity contribution in [3.63, 3.8) is 0 Å². The normalized spacial score (nSPS) is 43.6. The van der Waals surface area contributed by atoms with Crippen molar-refractivity contribution in [1.82, 2.24) is 10.6 Å². The van der Waals surface area contributed by atoms with E-state index in [0.29, 0.717) is 18.8 Å². The van der Waals surface area contributed by atoms with E-state index in [1.54, 1.807) is 0 Å². The van der Waals surface area contributed by atoms with Crippen molar-refractivity contribution in [3.8, 4) is 0 Å². The topological polar surface area (TPSA) is 156 Å². The first kappa shape index (κ1) is 28.3. The van der Waals surface area contributed by atoms with Gasteiger partial charge in [-0.3, -0.25) is 14.4 Å². The van der Waals surface area contributed by atoms with Crippen LogP contribution in [0.1, 0.15) is 78.6 Å². The summed E-state index contributed by atoms with van der Waals surface area (Å²) in [5.74, 6) is -0.534. The minimum Gasteiger partial charge on any atom is -0.480 e. The van der Waals surface area contributed by atoms with E-state index in [-0.39, 0.29) is 65.4 Å². The molecule has 0 radical (unpaired) electrons. The fourth-order valence-corrected chi connectivity index (χ4v) is 9.20. The number of aliphatic carboxylic acids is 1. The third-order valence-corrected chi connectivity index (χ3v) is 11.2. The van der Waals surface area contributed by atoms with Crippen molar-refractivity contribution in [2.24, 2.45) is 46.3 Å². The van der Waals surface area contributed by atoms with Gasteiger partial charge < -0.3 is 31.1 Å². The third kappa shape index (κ3) is 5.28. The molecule has 9 heteroatoms. The highest BCUT2D eigenvalue weighted by Crippen LogP contribution is 2.68. The largest absolute Gasteiger partial charge is 0.480 e. The monoisotopic (exact) mass is 522 g/mol. The van der Waals surface area contributed by atoms with Crippen LogP contribution in [0.3, 0.4) is 0 Å². The van der Waals surface area contributed by atoms with Crippen molar-refractivity contribution < 1.29 is 34.8 Å². The number of rotatable bonds is 8.